The minimum absolute atomic E-state index is 0.331. The van der Waals surface area contributed by atoms with E-state index in [9.17, 15) is 0 Å². The number of benzene rings is 1. The zero-order valence-electron chi connectivity index (χ0n) is 10.7. The summed E-state index contributed by atoms with van der Waals surface area (Å²) in [7, 11) is 0. The molecule has 0 spiro atoms. The van der Waals surface area contributed by atoms with Crippen molar-refractivity contribution >= 4 is 15.9 Å². The van der Waals surface area contributed by atoms with E-state index in [1.807, 2.05) is 24.5 Å². The lowest BCUT2D eigenvalue weighted by Gasteiger charge is -2.14. The Morgan fingerprint density at radius 2 is 1.94 bits per heavy atom. The first-order valence-corrected chi connectivity index (χ1v) is 6.84. The second-order valence-corrected chi connectivity index (χ2v) is 5.32. The molecule has 94 valence electrons. The van der Waals surface area contributed by atoms with E-state index in [0.29, 0.717) is 6.04 Å². The molecule has 3 heteroatoms. The number of aromatic nitrogens is 1. The molecule has 2 nitrogen and oxygen atoms in total. The monoisotopic (exact) mass is 304 g/mol. The van der Waals surface area contributed by atoms with E-state index in [1.54, 1.807) is 0 Å². The van der Waals surface area contributed by atoms with Gasteiger partial charge in [0.15, 0.2) is 0 Å². The molecule has 2 rings (SSSR count). The smallest absolute Gasteiger partial charge is 0.0296 e. The third kappa shape index (κ3) is 3.40. The second-order valence-electron chi connectivity index (χ2n) is 4.47. The van der Waals surface area contributed by atoms with Crippen molar-refractivity contribution < 1.29 is 0 Å². The van der Waals surface area contributed by atoms with Crippen LogP contribution in [0, 0.1) is 6.92 Å². The van der Waals surface area contributed by atoms with Gasteiger partial charge in [-0.15, -0.1) is 0 Å². The van der Waals surface area contributed by atoms with Crippen molar-refractivity contribution in [1.29, 1.82) is 0 Å². The molecule has 0 aliphatic rings. The van der Waals surface area contributed by atoms with Crippen LogP contribution in [-0.4, -0.2) is 4.98 Å². The molecule has 1 atom stereocenters. The van der Waals surface area contributed by atoms with Crippen LogP contribution in [0.2, 0.25) is 0 Å². The normalized spacial score (nSPS) is 12.4. The van der Waals surface area contributed by atoms with Crippen molar-refractivity contribution in [2.75, 3.05) is 0 Å². The van der Waals surface area contributed by atoms with Crippen LogP contribution in [0.1, 0.15) is 29.7 Å². The zero-order chi connectivity index (χ0) is 13.0. The highest BCUT2D eigenvalue weighted by Gasteiger charge is 2.04. The Kier molecular flexibility index (Phi) is 4.50. The minimum Gasteiger partial charge on any atom is -0.306 e. The first kappa shape index (κ1) is 13.2. The number of halogens is 1. The fraction of sp³-hybridized carbons (Fsp3) is 0.267. The van der Waals surface area contributed by atoms with Crippen LogP contribution < -0.4 is 5.32 Å². The second kappa shape index (κ2) is 6.12. The minimum atomic E-state index is 0.331. The number of hydrogen-bond acceptors (Lipinski definition) is 2. The van der Waals surface area contributed by atoms with Crippen LogP contribution in [0.3, 0.4) is 0 Å². The van der Waals surface area contributed by atoms with Crippen molar-refractivity contribution in [2.24, 2.45) is 0 Å². The van der Waals surface area contributed by atoms with Crippen LogP contribution in [0.5, 0.6) is 0 Å². The number of hydrogen-bond donors (Lipinski definition) is 1. The lowest BCUT2D eigenvalue weighted by Crippen LogP contribution is -2.18. The predicted octanol–water partition coefficient (Wildman–Crippen LogP) is 4.00. The van der Waals surface area contributed by atoms with Gasteiger partial charge in [-0.3, -0.25) is 4.98 Å². The lowest BCUT2D eigenvalue weighted by atomic mass is 10.1. The maximum Gasteiger partial charge on any atom is 0.0296 e. The molecule has 0 bridgehead atoms. The molecule has 0 saturated carbocycles. The summed E-state index contributed by atoms with van der Waals surface area (Å²) in [6.07, 6.45) is 3.66. The molecular formula is C15H17BrN2. The molecule has 1 N–H and O–H groups in total. The molecule has 1 heterocycles. The van der Waals surface area contributed by atoms with Crippen molar-refractivity contribution in [3.05, 3.63) is 63.9 Å². The Balaban J connectivity index is 1.97. The molecule has 1 aromatic carbocycles. The Hall–Kier alpha value is -1.19. The van der Waals surface area contributed by atoms with Gasteiger partial charge in [0.25, 0.3) is 0 Å². The molecule has 1 aromatic heterocycles. The van der Waals surface area contributed by atoms with Gasteiger partial charge in [-0.05, 0) is 48.7 Å². The Morgan fingerprint density at radius 1 is 1.22 bits per heavy atom. The summed E-state index contributed by atoms with van der Waals surface area (Å²) in [5, 5.41) is 3.52. The van der Waals surface area contributed by atoms with E-state index in [1.165, 1.54) is 16.7 Å². The molecule has 0 aliphatic carbocycles. The summed E-state index contributed by atoms with van der Waals surface area (Å²) in [6, 6.07) is 10.9. The number of rotatable bonds is 4. The SMILES string of the molecule is Cc1cc(CN[C@H](C)c2ccncc2)ccc1Br. The van der Waals surface area contributed by atoms with E-state index in [0.717, 1.165) is 11.0 Å². The van der Waals surface area contributed by atoms with Crippen molar-refractivity contribution in [3.8, 4) is 0 Å². The van der Waals surface area contributed by atoms with E-state index >= 15 is 0 Å². The van der Waals surface area contributed by atoms with Gasteiger partial charge in [-0.1, -0.05) is 28.1 Å². The first-order valence-electron chi connectivity index (χ1n) is 6.05. The summed E-state index contributed by atoms with van der Waals surface area (Å²) < 4.78 is 1.16. The highest BCUT2D eigenvalue weighted by Crippen LogP contribution is 2.18. The molecule has 0 radical (unpaired) electrons. The predicted molar refractivity (Wildman–Crippen MR) is 78.4 cm³/mol. The van der Waals surface area contributed by atoms with Crippen LogP contribution in [0.15, 0.2) is 47.2 Å². The largest absolute Gasteiger partial charge is 0.306 e. The maximum atomic E-state index is 4.03. The number of nitrogens with zero attached hydrogens (tertiary/aromatic N) is 1. The fourth-order valence-electron chi connectivity index (χ4n) is 1.86. The Bertz CT molecular complexity index is 511. The first-order chi connectivity index (χ1) is 8.66. The van der Waals surface area contributed by atoms with Crippen LogP contribution in [-0.2, 0) is 6.54 Å². The quantitative estimate of drug-likeness (QED) is 0.923. The average Bonchev–Trinajstić information content (AvgIpc) is 2.41. The maximum absolute atomic E-state index is 4.03. The van der Waals surface area contributed by atoms with Crippen molar-refractivity contribution in [3.63, 3.8) is 0 Å². The summed E-state index contributed by atoms with van der Waals surface area (Å²) >= 11 is 3.52. The van der Waals surface area contributed by atoms with Gasteiger partial charge in [0.05, 0.1) is 0 Å². The van der Waals surface area contributed by atoms with Gasteiger partial charge in [-0.2, -0.15) is 0 Å². The van der Waals surface area contributed by atoms with Gasteiger partial charge in [-0.25, -0.2) is 0 Å². The Labute approximate surface area is 117 Å². The number of nitrogens with one attached hydrogen (secondary N) is 1. The van der Waals surface area contributed by atoms with Gasteiger partial charge in [0.2, 0.25) is 0 Å². The number of aryl methyl sites for hydroxylation is 1. The third-order valence-electron chi connectivity index (χ3n) is 3.04. The van der Waals surface area contributed by atoms with Crippen molar-refractivity contribution in [2.45, 2.75) is 26.4 Å². The van der Waals surface area contributed by atoms with Crippen molar-refractivity contribution in [1.82, 2.24) is 10.3 Å². The third-order valence-corrected chi connectivity index (χ3v) is 3.93. The molecular weight excluding hydrogens is 288 g/mol. The molecule has 2 aromatic rings. The zero-order valence-corrected chi connectivity index (χ0v) is 12.2. The average molecular weight is 305 g/mol. The number of pyridine rings is 1. The highest BCUT2D eigenvalue weighted by molar-refractivity contribution is 9.10. The molecule has 0 fully saturated rings. The van der Waals surface area contributed by atoms with E-state index in [-0.39, 0.29) is 0 Å². The summed E-state index contributed by atoms with van der Waals surface area (Å²) in [5.74, 6) is 0. The molecule has 0 saturated heterocycles. The van der Waals surface area contributed by atoms with E-state index < -0.39 is 0 Å². The van der Waals surface area contributed by atoms with Gasteiger partial charge >= 0.3 is 0 Å². The molecule has 0 aliphatic heterocycles. The highest BCUT2D eigenvalue weighted by atomic mass is 79.9. The molecule has 0 amide bonds. The summed E-state index contributed by atoms with van der Waals surface area (Å²) in [5.41, 5.74) is 3.83. The van der Waals surface area contributed by atoms with E-state index in [4.69, 9.17) is 0 Å². The van der Waals surface area contributed by atoms with Crippen LogP contribution in [0.4, 0.5) is 0 Å². The van der Waals surface area contributed by atoms with Crippen LogP contribution >= 0.6 is 15.9 Å². The fourth-order valence-corrected chi connectivity index (χ4v) is 2.10. The van der Waals surface area contributed by atoms with Gasteiger partial charge < -0.3 is 5.32 Å². The van der Waals surface area contributed by atoms with Gasteiger partial charge in [0.1, 0.15) is 0 Å². The van der Waals surface area contributed by atoms with Crippen LogP contribution in [0.25, 0.3) is 0 Å². The molecule has 0 unspecified atom stereocenters. The summed E-state index contributed by atoms with van der Waals surface area (Å²) in [6.45, 7) is 5.15. The molecule has 18 heavy (non-hydrogen) atoms. The lowest BCUT2D eigenvalue weighted by molar-refractivity contribution is 0.574. The van der Waals surface area contributed by atoms with E-state index in [2.05, 4.69) is 58.3 Å². The summed E-state index contributed by atoms with van der Waals surface area (Å²) in [4.78, 5) is 4.03. The van der Waals surface area contributed by atoms with Gasteiger partial charge in [0, 0.05) is 29.5 Å². The Morgan fingerprint density at radius 3 is 2.61 bits per heavy atom. The topological polar surface area (TPSA) is 24.9 Å². The standard InChI is InChI=1S/C15H17BrN2/c1-11-9-13(3-4-15(11)16)10-18-12(2)14-5-7-17-8-6-14/h3-9,12,18H,10H2,1-2H3/t12-/m1/s1.